The van der Waals surface area contributed by atoms with Crippen LogP contribution in [0.5, 0.6) is 0 Å². The molecular weight excluding hydrogens is 317 g/mol. The molecule has 1 heterocycles. The first-order chi connectivity index (χ1) is 11.2. The molecule has 2 rings (SSSR count). The van der Waals surface area contributed by atoms with Crippen molar-refractivity contribution >= 4 is 11.5 Å². The van der Waals surface area contributed by atoms with Crippen molar-refractivity contribution in [1.29, 1.82) is 0 Å². The molecule has 0 bridgehead atoms. The first-order valence-electron chi connectivity index (χ1n) is 7.99. The van der Waals surface area contributed by atoms with Crippen LogP contribution in [0.4, 0.5) is 13.2 Å². The third kappa shape index (κ3) is 4.60. The maximum atomic E-state index is 12.8. The molecule has 0 unspecified atom stereocenters. The lowest BCUT2D eigenvalue weighted by atomic mass is 10.0. The zero-order valence-electron chi connectivity index (χ0n) is 14.2. The SMILES string of the molecule is C/C(=C/C(=O)N1CCC(N(C)C)CC1)c1cccc(C(F)(F)F)c1. The number of hydrogen-bond donors (Lipinski definition) is 0. The lowest BCUT2D eigenvalue weighted by Crippen LogP contribution is -2.44. The van der Waals surface area contributed by atoms with Crippen molar-refractivity contribution in [1.82, 2.24) is 9.80 Å². The molecule has 0 aliphatic carbocycles. The largest absolute Gasteiger partial charge is 0.416 e. The number of amides is 1. The smallest absolute Gasteiger partial charge is 0.339 e. The highest BCUT2D eigenvalue weighted by molar-refractivity contribution is 5.95. The van der Waals surface area contributed by atoms with Crippen molar-refractivity contribution in [2.75, 3.05) is 27.2 Å². The highest BCUT2D eigenvalue weighted by atomic mass is 19.4. The van der Waals surface area contributed by atoms with E-state index in [1.54, 1.807) is 17.9 Å². The van der Waals surface area contributed by atoms with Gasteiger partial charge in [0.15, 0.2) is 0 Å². The lowest BCUT2D eigenvalue weighted by Gasteiger charge is -2.34. The third-order valence-electron chi connectivity index (χ3n) is 4.49. The van der Waals surface area contributed by atoms with Gasteiger partial charge in [-0.15, -0.1) is 0 Å². The van der Waals surface area contributed by atoms with Gasteiger partial charge in [0.05, 0.1) is 5.56 Å². The van der Waals surface area contributed by atoms with Crippen molar-refractivity contribution in [3.63, 3.8) is 0 Å². The maximum Gasteiger partial charge on any atom is 0.416 e. The van der Waals surface area contributed by atoms with Crippen LogP contribution in [0.15, 0.2) is 30.3 Å². The summed E-state index contributed by atoms with van der Waals surface area (Å²) in [4.78, 5) is 16.3. The summed E-state index contributed by atoms with van der Waals surface area (Å²) >= 11 is 0. The summed E-state index contributed by atoms with van der Waals surface area (Å²) < 4.78 is 38.4. The summed E-state index contributed by atoms with van der Waals surface area (Å²) in [5.41, 5.74) is 0.259. The van der Waals surface area contributed by atoms with Gasteiger partial charge in [0, 0.05) is 25.2 Å². The Balaban J connectivity index is 2.07. The number of benzene rings is 1. The van der Waals surface area contributed by atoms with E-state index < -0.39 is 11.7 Å². The summed E-state index contributed by atoms with van der Waals surface area (Å²) in [6, 6.07) is 5.54. The second-order valence-corrected chi connectivity index (χ2v) is 6.43. The van der Waals surface area contributed by atoms with E-state index in [2.05, 4.69) is 4.90 Å². The van der Waals surface area contributed by atoms with Crippen molar-refractivity contribution in [2.45, 2.75) is 32.0 Å². The summed E-state index contributed by atoms with van der Waals surface area (Å²) in [6.07, 6.45) is -1.12. The summed E-state index contributed by atoms with van der Waals surface area (Å²) in [5.74, 6) is -0.137. The standard InChI is InChI=1S/C18H23F3N2O/c1-13(14-5-4-6-15(12-14)18(19,20)21)11-17(24)23-9-7-16(8-10-23)22(2)3/h4-6,11-12,16H,7-10H2,1-3H3/b13-11-. The Hall–Kier alpha value is -1.82. The number of likely N-dealkylation sites (tertiary alicyclic amines) is 1. The van der Waals surface area contributed by atoms with Gasteiger partial charge < -0.3 is 9.80 Å². The van der Waals surface area contributed by atoms with Gasteiger partial charge >= 0.3 is 6.18 Å². The van der Waals surface area contributed by atoms with Gasteiger partial charge in [-0.05, 0) is 57.1 Å². The Morgan fingerprint density at radius 3 is 2.42 bits per heavy atom. The molecule has 0 spiro atoms. The van der Waals surface area contributed by atoms with Crippen LogP contribution in [0.3, 0.4) is 0 Å². The fourth-order valence-electron chi connectivity index (χ4n) is 2.90. The van der Waals surface area contributed by atoms with E-state index >= 15 is 0 Å². The van der Waals surface area contributed by atoms with Gasteiger partial charge in [0.1, 0.15) is 0 Å². The molecule has 3 nitrogen and oxygen atoms in total. The first kappa shape index (κ1) is 18.5. The number of nitrogens with zero attached hydrogens (tertiary/aromatic N) is 2. The van der Waals surface area contributed by atoms with Crippen LogP contribution < -0.4 is 0 Å². The molecule has 24 heavy (non-hydrogen) atoms. The predicted octanol–water partition coefficient (Wildman–Crippen LogP) is 3.66. The van der Waals surface area contributed by atoms with Gasteiger partial charge in [-0.25, -0.2) is 0 Å². The van der Waals surface area contributed by atoms with Crippen molar-refractivity contribution < 1.29 is 18.0 Å². The van der Waals surface area contributed by atoms with Gasteiger partial charge in [-0.2, -0.15) is 13.2 Å². The molecule has 0 radical (unpaired) electrons. The molecular formula is C18H23F3N2O. The zero-order valence-corrected chi connectivity index (χ0v) is 14.2. The van der Waals surface area contributed by atoms with E-state index in [1.807, 2.05) is 14.1 Å². The molecule has 1 amide bonds. The average Bonchev–Trinajstić information content (AvgIpc) is 2.54. The van der Waals surface area contributed by atoms with Crippen LogP contribution in [-0.2, 0) is 11.0 Å². The van der Waals surface area contributed by atoms with E-state index in [1.165, 1.54) is 12.1 Å². The topological polar surface area (TPSA) is 23.6 Å². The molecule has 1 aromatic carbocycles. The van der Waals surface area contributed by atoms with Crippen molar-refractivity contribution in [3.8, 4) is 0 Å². The normalized spacial score (nSPS) is 17.5. The Morgan fingerprint density at radius 1 is 1.25 bits per heavy atom. The Bertz CT molecular complexity index is 615. The molecule has 0 N–H and O–H groups in total. The van der Waals surface area contributed by atoms with Gasteiger partial charge in [-0.3, -0.25) is 4.79 Å². The van der Waals surface area contributed by atoms with E-state index in [0.717, 1.165) is 25.0 Å². The van der Waals surface area contributed by atoms with E-state index in [9.17, 15) is 18.0 Å². The fourth-order valence-corrected chi connectivity index (χ4v) is 2.90. The molecule has 1 fully saturated rings. The number of alkyl halides is 3. The summed E-state index contributed by atoms with van der Waals surface area (Å²) in [7, 11) is 4.06. The number of halogens is 3. The molecule has 132 valence electrons. The van der Waals surface area contributed by atoms with Gasteiger partial charge in [-0.1, -0.05) is 12.1 Å². The Labute approximate surface area is 140 Å². The van der Waals surface area contributed by atoms with Crippen LogP contribution in [0.2, 0.25) is 0 Å². The van der Waals surface area contributed by atoms with Gasteiger partial charge in [0.25, 0.3) is 0 Å². The molecule has 6 heteroatoms. The van der Waals surface area contributed by atoms with Crippen LogP contribution in [0.1, 0.15) is 30.9 Å². The number of allylic oxidation sites excluding steroid dienone is 1. The van der Waals surface area contributed by atoms with E-state index in [4.69, 9.17) is 0 Å². The van der Waals surface area contributed by atoms with Gasteiger partial charge in [0.2, 0.25) is 5.91 Å². The number of piperidine rings is 1. The summed E-state index contributed by atoms with van der Waals surface area (Å²) in [6.45, 7) is 3.02. The Kier molecular flexibility index (Phi) is 5.70. The average molecular weight is 340 g/mol. The molecule has 0 saturated carbocycles. The maximum absolute atomic E-state index is 12.8. The quantitative estimate of drug-likeness (QED) is 0.784. The van der Waals surface area contributed by atoms with Crippen molar-refractivity contribution in [3.05, 3.63) is 41.5 Å². The highest BCUT2D eigenvalue weighted by Gasteiger charge is 2.30. The van der Waals surface area contributed by atoms with Crippen LogP contribution in [-0.4, -0.2) is 48.9 Å². The minimum Gasteiger partial charge on any atom is -0.339 e. The van der Waals surface area contributed by atoms with Crippen LogP contribution in [0.25, 0.3) is 5.57 Å². The zero-order chi connectivity index (χ0) is 17.9. The lowest BCUT2D eigenvalue weighted by molar-refractivity contribution is -0.137. The van der Waals surface area contributed by atoms with Crippen molar-refractivity contribution in [2.24, 2.45) is 0 Å². The molecule has 0 atom stereocenters. The fraction of sp³-hybridized carbons (Fsp3) is 0.500. The number of rotatable bonds is 3. The minimum absolute atomic E-state index is 0.137. The minimum atomic E-state index is -4.38. The molecule has 1 aliphatic rings. The second-order valence-electron chi connectivity index (χ2n) is 6.43. The molecule has 1 aliphatic heterocycles. The number of hydrogen-bond acceptors (Lipinski definition) is 2. The molecule has 1 aromatic rings. The first-order valence-corrected chi connectivity index (χ1v) is 7.99. The van der Waals surface area contributed by atoms with E-state index in [-0.39, 0.29) is 5.91 Å². The second kappa shape index (κ2) is 7.38. The van der Waals surface area contributed by atoms with Crippen LogP contribution >= 0.6 is 0 Å². The van der Waals surface area contributed by atoms with E-state index in [0.29, 0.717) is 30.3 Å². The van der Waals surface area contributed by atoms with Crippen LogP contribution in [0, 0.1) is 0 Å². The number of carbonyl (C=O) groups is 1. The summed E-state index contributed by atoms with van der Waals surface area (Å²) in [5, 5.41) is 0. The predicted molar refractivity (Wildman–Crippen MR) is 88.4 cm³/mol. The molecule has 0 aromatic heterocycles. The monoisotopic (exact) mass is 340 g/mol. The third-order valence-corrected chi connectivity index (χ3v) is 4.49. The number of carbonyl (C=O) groups excluding carboxylic acids is 1. The Morgan fingerprint density at radius 2 is 1.88 bits per heavy atom. The highest BCUT2D eigenvalue weighted by Crippen LogP contribution is 2.31. The molecule has 1 saturated heterocycles.